The van der Waals surface area contributed by atoms with Crippen LogP contribution in [0.5, 0.6) is 0 Å². The van der Waals surface area contributed by atoms with Crippen molar-refractivity contribution < 1.29 is 0 Å². The highest BCUT2D eigenvalue weighted by Gasteiger charge is 2.66. The molecule has 0 aromatic heterocycles. The maximum absolute atomic E-state index is 4.86. The lowest BCUT2D eigenvalue weighted by molar-refractivity contribution is -0.203. The zero-order valence-electron chi connectivity index (χ0n) is 22.8. The van der Waals surface area contributed by atoms with Gasteiger partial charge in [0, 0.05) is 18.2 Å². The van der Waals surface area contributed by atoms with Gasteiger partial charge in [-0.15, -0.1) is 0 Å². The topological polar surface area (TPSA) is 12.4 Å². The third kappa shape index (κ3) is 2.84. The first-order chi connectivity index (χ1) is 15.1. The molecule has 32 heavy (non-hydrogen) atoms. The monoisotopic (exact) mass is 439 g/mol. The molecule has 0 spiro atoms. The van der Waals surface area contributed by atoms with Crippen molar-refractivity contribution in [1.29, 1.82) is 0 Å². The van der Waals surface area contributed by atoms with Gasteiger partial charge < -0.3 is 0 Å². The van der Waals surface area contributed by atoms with Crippen LogP contribution >= 0.6 is 0 Å². The second-order valence-electron chi connectivity index (χ2n) is 14.5. The van der Waals surface area contributed by atoms with Gasteiger partial charge in [0.05, 0.1) is 0 Å². The number of hydrogen-bond acceptors (Lipinski definition) is 1. The summed E-state index contributed by atoms with van der Waals surface area (Å²) in [7, 11) is 2.07. The summed E-state index contributed by atoms with van der Waals surface area (Å²) in [4.78, 5) is 4.86. The van der Waals surface area contributed by atoms with E-state index in [2.05, 4.69) is 55.5 Å². The van der Waals surface area contributed by atoms with Gasteiger partial charge in [0.2, 0.25) is 0 Å². The van der Waals surface area contributed by atoms with Crippen LogP contribution < -0.4 is 0 Å². The number of rotatable bonds is 2. The minimum Gasteiger partial charge on any atom is -0.297 e. The SMILES string of the molecule is CCC1CCC2(C(C)=NC)CCC3C(CCC4C3(C)CCC3C(C)(C)C(C)CCC34C)C12. The van der Waals surface area contributed by atoms with Crippen LogP contribution in [0.4, 0.5) is 0 Å². The van der Waals surface area contributed by atoms with Crippen molar-refractivity contribution in [2.24, 2.45) is 68.1 Å². The van der Waals surface area contributed by atoms with E-state index in [1.54, 1.807) is 0 Å². The molecule has 1 nitrogen and oxygen atoms in total. The highest BCUT2D eigenvalue weighted by molar-refractivity contribution is 5.88. The molecule has 0 heterocycles. The van der Waals surface area contributed by atoms with Crippen molar-refractivity contribution in [3.05, 3.63) is 0 Å². The number of nitrogens with zero attached hydrogens (tertiary/aromatic N) is 1. The summed E-state index contributed by atoms with van der Waals surface area (Å²) in [5.41, 5.74) is 3.62. The summed E-state index contributed by atoms with van der Waals surface area (Å²) < 4.78 is 0. The molecule has 0 N–H and O–H groups in total. The maximum Gasteiger partial charge on any atom is 0.0276 e. The Hall–Kier alpha value is -0.330. The Labute approximate surface area is 200 Å². The van der Waals surface area contributed by atoms with E-state index in [9.17, 15) is 0 Å². The fourth-order valence-corrected chi connectivity index (χ4v) is 11.9. The molecule has 0 aromatic rings. The Morgan fingerprint density at radius 1 is 0.812 bits per heavy atom. The molecule has 5 aliphatic carbocycles. The number of hydrogen-bond donors (Lipinski definition) is 0. The average Bonchev–Trinajstić information content (AvgIpc) is 3.16. The van der Waals surface area contributed by atoms with E-state index in [0.29, 0.717) is 21.7 Å². The first-order valence-corrected chi connectivity index (χ1v) is 14.5. The predicted molar refractivity (Wildman–Crippen MR) is 138 cm³/mol. The lowest BCUT2D eigenvalue weighted by atomic mass is 9.35. The summed E-state index contributed by atoms with van der Waals surface area (Å²) in [5.74, 6) is 6.57. The zero-order valence-corrected chi connectivity index (χ0v) is 22.8. The van der Waals surface area contributed by atoms with Crippen LogP contribution in [0, 0.1) is 63.1 Å². The van der Waals surface area contributed by atoms with Crippen LogP contribution in [0.25, 0.3) is 0 Å². The second kappa shape index (κ2) is 7.58. The Balaban J connectivity index is 1.50. The summed E-state index contributed by atoms with van der Waals surface area (Å²) in [6.45, 7) is 18.2. The normalized spacial score (nSPS) is 54.9. The molecule has 0 radical (unpaired) electrons. The van der Waals surface area contributed by atoms with Crippen molar-refractivity contribution in [2.45, 2.75) is 119 Å². The zero-order chi connectivity index (χ0) is 23.1. The minimum atomic E-state index is 0.448. The van der Waals surface area contributed by atoms with E-state index < -0.39 is 0 Å². The molecule has 5 aliphatic rings. The van der Waals surface area contributed by atoms with Crippen molar-refractivity contribution in [1.82, 2.24) is 0 Å². The van der Waals surface area contributed by atoms with Crippen LogP contribution in [0.1, 0.15) is 119 Å². The summed E-state index contributed by atoms with van der Waals surface area (Å²) in [6.07, 6.45) is 16.2. The quantitative estimate of drug-likeness (QED) is 0.381. The molecule has 0 bridgehead atoms. The fraction of sp³-hybridized carbons (Fsp3) is 0.968. The van der Waals surface area contributed by atoms with Gasteiger partial charge in [0.15, 0.2) is 0 Å². The van der Waals surface area contributed by atoms with E-state index in [1.807, 2.05) is 0 Å². The van der Waals surface area contributed by atoms with Gasteiger partial charge in [-0.1, -0.05) is 48.0 Å². The molecule has 5 fully saturated rings. The third-order valence-electron chi connectivity index (χ3n) is 13.8. The smallest absolute Gasteiger partial charge is 0.0276 e. The number of aliphatic imine (C=N–C) groups is 1. The van der Waals surface area contributed by atoms with Gasteiger partial charge >= 0.3 is 0 Å². The van der Waals surface area contributed by atoms with Gasteiger partial charge in [-0.05, 0) is 129 Å². The molecular formula is C31H53N. The first kappa shape index (κ1) is 23.4. The molecular weight excluding hydrogens is 386 g/mol. The molecule has 5 rings (SSSR count). The molecule has 0 aliphatic heterocycles. The second-order valence-corrected chi connectivity index (χ2v) is 14.5. The lowest BCUT2D eigenvalue weighted by Gasteiger charge is -2.69. The summed E-state index contributed by atoms with van der Waals surface area (Å²) >= 11 is 0. The molecule has 10 atom stereocenters. The molecule has 0 amide bonds. The van der Waals surface area contributed by atoms with E-state index >= 15 is 0 Å². The van der Waals surface area contributed by atoms with Gasteiger partial charge in [-0.3, -0.25) is 4.99 Å². The number of fused-ring (bicyclic) bond motifs is 7. The third-order valence-corrected chi connectivity index (χ3v) is 13.8. The van der Waals surface area contributed by atoms with Crippen molar-refractivity contribution >= 4 is 5.71 Å². The van der Waals surface area contributed by atoms with Crippen LogP contribution in [-0.2, 0) is 0 Å². The maximum atomic E-state index is 4.86. The fourth-order valence-electron chi connectivity index (χ4n) is 11.9. The van der Waals surface area contributed by atoms with E-state index in [-0.39, 0.29) is 0 Å². The Morgan fingerprint density at radius 2 is 1.50 bits per heavy atom. The van der Waals surface area contributed by atoms with Crippen molar-refractivity contribution in [2.75, 3.05) is 7.05 Å². The standard InChI is InChI=1S/C31H53N/c1-9-22-13-18-31(21(3)32-8)19-14-24-23(27(22)31)10-11-26-29(24,6)17-15-25-28(4,5)20(2)12-16-30(25,26)7/h20,22-27H,9-19H2,1-8H3. The average molecular weight is 440 g/mol. The summed E-state index contributed by atoms with van der Waals surface area (Å²) in [5, 5.41) is 0. The van der Waals surface area contributed by atoms with Crippen LogP contribution in [0.2, 0.25) is 0 Å². The highest BCUT2D eigenvalue weighted by Crippen LogP contribution is 2.74. The van der Waals surface area contributed by atoms with Crippen LogP contribution in [-0.4, -0.2) is 12.8 Å². The first-order valence-electron chi connectivity index (χ1n) is 14.5. The largest absolute Gasteiger partial charge is 0.297 e. The Kier molecular flexibility index (Phi) is 5.55. The minimum absolute atomic E-state index is 0.448. The Morgan fingerprint density at radius 3 is 2.19 bits per heavy atom. The van der Waals surface area contributed by atoms with Crippen LogP contribution in [0.3, 0.4) is 0 Å². The van der Waals surface area contributed by atoms with Gasteiger partial charge in [-0.25, -0.2) is 0 Å². The molecule has 1 heteroatoms. The van der Waals surface area contributed by atoms with Gasteiger partial charge in [0.1, 0.15) is 0 Å². The van der Waals surface area contributed by atoms with Crippen molar-refractivity contribution in [3.8, 4) is 0 Å². The lowest BCUT2D eigenvalue weighted by Crippen LogP contribution is -2.62. The molecule has 10 unspecified atom stereocenters. The summed E-state index contributed by atoms with van der Waals surface area (Å²) in [6, 6.07) is 0. The van der Waals surface area contributed by atoms with Gasteiger partial charge in [0.25, 0.3) is 0 Å². The molecule has 182 valence electrons. The van der Waals surface area contributed by atoms with Crippen LogP contribution in [0.15, 0.2) is 4.99 Å². The molecule has 5 saturated carbocycles. The molecule has 0 aromatic carbocycles. The highest BCUT2D eigenvalue weighted by atomic mass is 14.8. The van der Waals surface area contributed by atoms with Gasteiger partial charge in [-0.2, -0.15) is 0 Å². The van der Waals surface area contributed by atoms with E-state index in [0.717, 1.165) is 41.4 Å². The van der Waals surface area contributed by atoms with E-state index in [4.69, 9.17) is 4.99 Å². The Bertz CT molecular complexity index is 764. The molecule has 0 saturated heterocycles. The van der Waals surface area contributed by atoms with E-state index in [1.165, 1.54) is 76.3 Å². The predicted octanol–water partition coefficient (Wildman–Crippen LogP) is 8.81. The van der Waals surface area contributed by atoms with Crippen molar-refractivity contribution in [3.63, 3.8) is 0 Å².